The number of nitrogens with one attached hydrogen (secondary N) is 1. The van der Waals surface area contributed by atoms with Gasteiger partial charge >= 0.3 is 0 Å². The molecule has 1 aromatic carbocycles. The molecule has 0 radical (unpaired) electrons. The Morgan fingerprint density at radius 2 is 2.16 bits per heavy atom. The van der Waals surface area contributed by atoms with Crippen molar-refractivity contribution in [1.82, 2.24) is 15.2 Å². The number of carbonyl (C=O) groups excluding carboxylic acids is 1. The van der Waals surface area contributed by atoms with Crippen LogP contribution in [0, 0.1) is 0 Å². The molecule has 2 aromatic rings. The van der Waals surface area contributed by atoms with E-state index in [2.05, 4.69) is 29.0 Å². The first kappa shape index (κ1) is 14.0. The van der Waals surface area contributed by atoms with Crippen LogP contribution in [-0.4, -0.2) is 42.0 Å². The lowest BCUT2D eigenvalue weighted by atomic mass is 10.2. The Labute approximate surface area is 117 Å². The fraction of sp³-hybridized carbons (Fsp3) is 0.429. The van der Waals surface area contributed by atoms with Crippen LogP contribution in [0.1, 0.15) is 24.2 Å². The molecule has 102 valence electrons. The molecule has 0 unspecified atom stereocenters. The number of amides is 1. The third-order valence-corrected chi connectivity index (χ3v) is 4.08. The summed E-state index contributed by atoms with van der Waals surface area (Å²) >= 11 is 1.51. The Balaban J connectivity index is 1.98. The van der Waals surface area contributed by atoms with E-state index in [0.29, 0.717) is 6.54 Å². The van der Waals surface area contributed by atoms with Crippen molar-refractivity contribution in [1.29, 1.82) is 0 Å². The van der Waals surface area contributed by atoms with E-state index in [-0.39, 0.29) is 5.91 Å². The van der Waals surface area contributed by atoms with Crippen LogP contribution in [0.25, 0.3) is 10.2 Å². The van der Waals surface area contributed by atoms with Crippen LogP contribution in [0.3, 0.4) is 0 Å². The first-order chi connectivity index (χ1) is 9.26. The summed E-state index contributed by atoms with van der Waals surface area (Å²) in [4.78, 5) is 18.7. The van der Waals surface area contributed by atoms with Crippen molar-refractivity contribution >= 4 is 27.5 Å². The third-order valence-electron chi connectivity index (χ3n) is 3.21. The van der Waals surface area contributed by atoms with Gasteiger partial charge in [-0.2, -0.15) is 0 Å². The van der Waals surface area contributed by atoms with E-state index in [9.17, 15) is 4.79 Å². The highest BCUT2D eigenvalue weighted by Crippen LogP contribution is 2.21. The molecule has 0 aliphatic heterocycles. The Hall–Kier alpha value is -1.46. The Kier molecular flexibility index (Phi) is 4.87. The molecule has 5 heteroatoms. The van der Waals surface area contributed by atoms with E-state index in [0.717, 1.165) is 35.4 Å². The number of fused-ring (bicyclic) bond motifs is 1. The minimum absolute atomic E-state index is 0.0120. The van der Waals surface area contributed by atoms with Crippen LogP contribution in [0.5, 0.6) is 0 Å². The first-order valence-corrected chi connectivity index (χ1v) is 7.47. The van der Waals surface area contributed by atoms with Gasteiger partial charge in [0.1, 0.15) is 0 Å². The molecule has 1 heterocycles. The lowest BCUT2D eigenvalue weighted by molar-refractivity contribution is 0.0950. The van der Waals surface area contributed by atoms with Gasteiger partial charge in [-0.15, -0.1) is 11.3 Å². The van der Waals surface area contributed by atoms with Crippen molar-refractivity contribution in [3.8, 4) is 0 Å². The van der Waals surface area contributed by atoms with E-state index < -0.39 is 0 Å². The first-order valence-electron chi connectivity index (χ1n) is 6.59. The zero-order valence-corrected chi connectivity index (χ0v) is 12.2. The number of likely N-dealkylation sites (N-methyl/N-ethyl adjacent to an activating group) is 1. The van der Waals surface area contributed by atoms with Crippen LogP contribution in [0.2, 0.25) is 0 Å². The summed E-state index contributed by atoms with van der Waals surface area (Å²) in [5, 5.41) is 2.98. The van der Waals surface area contributed by atoms with Crippen molar-refractivity contribution in [3.63, 3.8) is 0 Å². The second-order valence-electron chi connectivity index (χ2n) is 4.29. The monoisotopic (exact) mass is 277 g/mol. The molecular weight excluding hydrogens is 258 g/mol. The smallest absolute Gasteiger partial charge is 0.252 e. The minimum atomic E-state index is -0.0120. The van der Waals surface area contributed by atoms with Crippen LogP contribution in [0.15, 0.2) is 23.7 Å². The molecule has 19 heavy (non-hydrogen) atoms. The van der Waals surface area contributed by atoms with E-state index in [1.54, 1.807) is 5.51 Å². The summed E-state index contributed by atoms with van der Waals surface area (Å²) in [5.41, 5.74) is 3.39. The molecule has 1 N–H and O–H groups in total. The number of rotatable bonds is 6. The number of nitrogens with zero attached hydrogens (tertiary/aromatic N) is 2. The Morgan fingerprint density at radius 1 is 1.37 bits per heavy atom. The second-order valence-corrected chi connectivity index (χ2v) is 5.14. The Morgan fingerprint density at radius 3 is 2.89 bits per heavy atom. The molecule has 0 bridgehead atoms. The molecule has 0 spiro atoms. The van der Waals surface area contributed by atoms with Gasteiger partial charge in [-0.25, -0.2) is 4.98 Å². The summed E-state index contributed by atoms with van der Waals surface area (Å²) < 4.78 is 0.961. The standard InChI is InChI=1S/C14H19N3OS/c1-3-17(4-2)9-8-15-14(18)11-6-5-7-12-13(11)19-10-16-12/h5-7,10H,3-4,8-9H2,1-2H3,(H,15,18). The molecule has 1 amide bonds. The largest absolute Gasteiger partial charge is 0.351 e. The van der Waals surface area contributed by atoms with Crippen molar-refractivity contribution in [2.75, 3.05) is 26.2 Å². The molecule has 1 aromatic heterocycles. The zero-order chi connectivity index (χ0) is 13.7. The van der Waals surface area contributed by atoms with Crippen molar-refractivity contribution in [2.24, 2.45) is 0 Å². The molecule has 4 nitrogen and oxygen atoms in total. The van der Waals surface area contributed by atoms with E-state index in [1.807, 2.05) is 18.2 Å². The Bertz CT molecular complexity index is 548. The maximum atomic E-state index is 12.2. The molecule has 0 saturated heterocycles. The highest BCUT2D eigenvalue weighted by molar-refractivity contribution is 7.17. The summed E-state index contributed by atoms with van der Waals surface area (Å²) in [6.45, 7) is 7.84. The van der Waals surface area contributed by atoms with Crippen molar-refractivity contribution < 1.29 is 4.79 Å². The maximum Gasteiger partial charge on any atom is 0.252 e. The second kappa shape index (κ2) is 6.63. The number of hydrogen-bond acceptors (Lipinski definition) is 4. The SMILES string of the molecule is CCN(CC)CCNC(=O)c1cccc2ncsc12. The predicted octanol–water partition coefficient (Wildman–Crippen LogP) is 2.37. The van der Waals surface area contributed by atoms with Gasteiger partial charge in [0, 0.05) is 13.1 Å². The number of carbonyl (C=O) groups is 1. The molecule has 0 aliphatic rings. The van der Waals surface area contributed by atoms with Gasteiger partial charge in [-0.05, 0) is 25.2 Å². The van der Waals surface area contributed by atoms with Gasteiger partial charge in [-0.3, -0.25) is 4.79 Å². The van der Waals surface area contributed by atoms with Gasteiger partial charge in [0.15, 0.2) is 0 Å². The van der Waals surface area contributed by atoms with E-state index >= 15 is 0 Å². The van der Waals surface area contributed by atoms with Crippen LogP contribution in [0.4, 0.5) is 0 Å². The normalized spacial score (nSPS) is 11.1. The van der Waals surface area contributed by atoms with Crippen LogP contribution < -0.4 is 5.32 Å². The van der Waals surface area contributed by atoms with Gasteiger partial charge in [0.05, 0.1) is 21.3 Å². The quantitative estimate of drug-likeness (QED) is 0.881. The summed E-state index contributed by atoms with van der Waals surface area (Å²) in [6, 6.07) is 5.66. The zero-order valence-electron chi connectivity index (χ0n) is 11.3. The van der Waals surface area contributed by atoms with Crippen molar-refractivity contribution in [3.05, 3.63) is 29.3 Å². The average Bonchev–Trinajstić information content (AvgIpc) is 2.91. The van der Waals surface area contributed by atoms with E-state index in [1.165, 1.54) is 11.3 Å². The lowest BCUT2D eigenvalue weighted by Crippen LogP contribution is -2.34. The number of aromatic nitrogens is 1. The summed E-state index contributed by atoms with van der Waals surface area (Å²) in [7, 11) is 0. The fourth-order valence-corrected chi connectivity index (χ4v) is 2.83. The van der Waals surface area contributed by atoms with Gasteiger partial charge in [0.2, 0.25) is 0 Å². The van der Waals surface area contributed by atoms with Gasteiger partial charge in [0.25, 0.3) is 5.91 Å². The lowest BCUT2D eigenvalue weighted by Gasteiger charge is -2.17. The number of thiazole rings is 1. The molecule has 0 saturated carbocycles. The van der Waals surface area contributed by atoms with Crippen LogP contribution in [-0.2, 0) is 0 Å². The average molecular weight is 277 g/mol. The van der Waals surface area contributed by atoms with Gasteiger partial charge < -0.3 is 10.2 Å². The minimum Gasteiger partial charge on any atom is -0.351 e. The molecular formula is C14H19N3OS. The summed E-state index contributed by atoms with van der Waals surface area (Å²) in [5.74, 6) is -0.0120. The topological polar surface area (TPSA) is 45.2 Å². The summed E-state index contributed by atoms with van der Waals surface area (Å²) in [6.07, 6.45) is 0. The van der Waals surface area contributed by atoms with Crippen LogP contribution >= 0.6 is 11.3 Å². The molecule has 0 aliphatic carbocycles. The maximum absolute atomic E-state index is 12.2. The molecule has 2 rings (SSSR count). The van der Waals surface area contributed by atoms with Crippen molar-refractivity contribution in [2.45, 2.75) is 13.8 Å². The number of hydrogen-bond donors (Lipinski definition) is 1. The van der Waals surface area contributed by atoms with Gasteiger partial charge in [-0.1, -0.05) is 19.9 Å². The predicted molar refractivity (Wildman–Crippen MR) is 79.7 cm³/mol. The molecule has 0 fully saturated rings. The van der Waals surface area contributed by atoms with E-state index in [4.69, 9.17) is 0 Å². The molecule has 0 atom stereocenters. The third kappa shape index (κ3) is 3.30. The fourth-order valence-electron chi connectivity index (χ4n) is 2.03. The highest BCUT2D eigenvalue weighted by Gasteiger charge is 2.11. The number of benzene rings is 1. The highest BCUT2D eigenvalue weighted by atomic mass is 32.1.